The monoisotopic (exact) mass is 360 g/mol. The van der Waals surface area contributed by atoms with E-state index < -0.39 is 8.80 Å². The molecule has 4 nitrogen and oxygen atoms in total. The highest BCUT2D eigenvalue weighted by Crippen LogP contribution is 2.20. The van der Waals surface area contributed by atoms with Crippen LogP contribution >= 0.6 is 0 Å². The molecule has 0 unspecified atom stereocenters. The third kappa shape index (κ3) is 13.0. The van der Waals surface area contributed by atoms with Gasteiger partial charge in [0.05, 0.1) is 12.9 Å². The van der Waals surface area contributed by atoms with E-state index in [0.717, 1.165) is 77.2 Å². The largest absolute Gasteiger partial charge is 0.502 e. The molecule has 0 aromatic rings. The Morgan fingerprint density at radius 3 is 1.58 bits per heavy atom. The third-order valence-electron chi connectivity index (χ3n) is 3.63. The van der Waals surface area contributed by atoms with E-state index >= 15 is 0 Å². The maximum absolute atomic E-state index is 6.21. The maximum Gasteiger partial charge on any atom is 0.501 e. The lowest BCUT2D eigenvalue weighted by atomic mass is 10.4. The average Bonchev–Trinajstić information content (AvgIpc) is 2.58. The summed E-state index contributed by atoms with van der Waals surface area (Å²) in [5.41, 5.74) is 0. The number of allylic oxidation sites excluding steroid dienone is 1. The van der Waals surface area contributed by atoms with Crippen LogP contribution in [0.5, 0.6) is 0 Å². The first-order valence-corrected chi connectivity index (χ1v) is 11.9. The first-order valence-electron chi connectivity index (χ1n) is 9.93. The molecule has 0 aliphatic heterocycles. The van der Waals surface area contributed by atoms with E-state index in [-0.39, 0.29) is 0 Å². The van der Waals surface area contributed by atoms with Gasteiger partial charge in [-0.25, -0.2) is 0 Å². The minimum Gasteiger partial charge on any atom is -0.502 e. The lowest BCUT2D eigenvalue weighted by Gasteiger charge is -2.30. The molecular weight excluding hydrogens is 320 g/mol. The molecule has 0 saturated heterocycles. The molecule has 0 N–H and O–H groups in total. The van der Waals surface area contributed by atoms with Crippen LogP contribution in [0.1, 0.15) is 79.1 Å². The van der Waals surface area contributed by atoms with Crippen molar-refractivity contribution in [2.45, 2.75) is 85.1 Å². The number of hydrogen-bond donors (Lipinski definition) is 0. The van der Waals surface area contributed by atoms with Crippen LogP contribution in [0.25, 0.3) is 0 Å². The first kappa shape index (κ1) is 23.6. The summed E-state index contributed by atoms with van der Waals surface area (Å²) >= 11 is 0. The molecule has 0 aliphatic carbocycles. The average molecular weight is 361 g/mol. The summed E-state index contributed by atoms with van der Waals surface area (Å²) in [6.07, 6.45) is 12.3. The fraction of sp³-hybridized carbons (Fsp3) is 0.895. The Hall–Kier alpha value is -0.363. The van der Waals surface area contributed by atoms with Crippen LogP contribution in [0.3, 0.4) is 0 Å². The van der Waals surface area contributed by atoms with Crippen molar-refractivity contribution < 1.29 is 18.0 Å². The minimum absolute atomic E-state index is 0.691. The molecule has 0 heterocycles. The van der Waals surface area contributed by atoms with Crippen LogP contribution in [0.15, 0.2) is 12.3 Å². The second-order valence-corrected chi connectivity index (χ2v) is 8.78. The first-order chi connectivity index (χ1) is 11.7. The van der Waals surface area contributed by atoms with Crippen molar-refractivity contribution in [1.29, 1.82) is 0 Å². The van der Waals surface area contributed by atoms with Gasteiger partial charge >= 0.3 is 8.80 Å². The summed E-state index contributed by atoms with van der Waals surface area (Å²) in [4.78, 5) is 0. The Balaban J connectivity index is 4.56. The zero-order valence-corrected chi connectivity index (χ0v) is 17.5. The predicted molar refractivity (Wildman–Crippen MR) is 103 cm³/mol. The Morgan fingerprint density at radius 1 is 0.667 bits per heavy atom. The van der Waals surface area contributed by atoms with Gasteiger partial charge in [-0.3, -0.25) is 0 Å². The molecule has 0 spiro atoms. The fourth-order valence-electron chi connectivity index (χ4n) is 2.06. The van der Waals surface area contributed by atoms with Crippen LogP contribution in [-0.4, -0.2) is 35.2 Å². The molecule has 5 heteroatoms. The molecule has 0 saturated carbocycles. The van der Waals surface area contributed by atoms with E-state index in [0.29, 0.717) is 6.61 Å². The molecule has 0 amide bonds. The highest BCUT2D eigenvalue weighted by atomic mass is 28.4. The normalized spacial score (nSPS) is 12.2. The summed E-state index contributed by atoms with van der Waals surface area (Å²) in [5, 5.41) is 0. The van der Waals surface area contributed by atoms with Gasteiger partial charge in [-0.2, -0.15) is 0 Å². The number of hydrogen-bond acceptors (Lipinski definition) is 4. The Morgan fingerprint density at radius 2 is 1.17 bits per heavy atom. The smallest absolute Gasteiger partial charge is 0.501 e. The Bertz CT molecular complexity index is 258. The van der Waals surface area contributed by atoms with Crippen LogP contribution in [0, 0.1) is 0 Å². The van der Waals surface area contributed by atoms with Gasteiger partial charge in [-0.1, -0.05) is 53.0 Å². The van der Waals surface area contributed by atoms with Gasteiger partial charge < -0.3 is 18.0 Å². The van der Waals surface area contributed by atoms with Crippen molar-refractivity contribution >= 4 is 8.80 Å². The molecule has 0 aromatic heterocycles. The van der Waals surface area contributed by atoms with E-state index in [1.807, 2.05) is 6.08 Å². The summed E-state index contributed by atoms with van der Waals surface area (Å²) in [7, 11) is -2.58. The number of rotatable bonds is 18. The van der Waals surface area contributed by atoms with Crippen molar-refractivity contribution in [2.75, 3.05) is 26.4 Å². The van der Waals surface area contributed by atoms with Gasteiger partial charge in [0.1, 0.15) is 0 Å². The van der Waals surface area contributed by atoms with Crippen LogP contribution < -0.4 is 0 Å². The topological polar surface area (TPSA) is 36.9 Å². The fourth-order valence-corrected chi connectivity index (χ4v) is 4.69. The van der Waals surface area contributed by atoms with Crippen LogP contribution in [0.4, 0.5) is 0 Å². The van der Waals surface area contributed by atoms with Gasteiger partial charge in [0, 0.05) is 25.9 Å². The van der Waals surface area contributed by atoms with Gasteiger partial charge in [-0.15, -0.1) is 0 Å². The zero-order chi connectivity index (χ0) is 17.9. The lowest BCUT2D eigenvalue weighted by molar-refractivity contribution is 0.0543. The molecule has 0 bridgehead atoms. The molecular formula is C19H40O4Si. The van der Waals surface area contributed by atoms with Crippen molar-refractivity contribution in [2.24, 2.45) is 0 Å². The van der Waals surface area contributed by atoms with Crippen molar-refractivity contribution in [3.05, 3.63) is 12.3 Å². The van der Waals surface area contributed by atoms with E-state index in [1.54, 1.807) is 6.26 Å². The maximum atomic E-state index is 6.21. The summed E-state index contributed by atoms with van der Waals surface area (Å²) in [5.74, 6) is 0. The van der Waals surface area contributed by atoms with Gasteiger partial charge in [0.2, 0.25) is 0 Å². The molecule has 0 fully saturated rings. The lowest BCUT2D eigenvalue weighted by Crippen LogP contribution is -2.46. The highest BCUT2D eigenvalue weighted by molar-refractivity contribution is 6.60. The summed E-state index contributed by atoms with van der Waals surface area (Å²) in [6, 6.07) is 0.837. The molecule has 144 valence electrons. The number of ether oxygens (including phenoxy) is 1. The summed E-state index contributed by atoms with van der Waals surface area (Å²) in [6.45, 7) is 11.5. The second kappa shape index (κ2) is 17.5. The molecule has 0 atom stereocenters. The van der Waals surface area contributed by atoms with Gasteiger partial charge in [0.25, 0.3) is 0 Å². The van der Waals surface area contributed by atoms with E-state index in [9.17, 15) is 0 Å². The summed E-state index contributed by atoms with van der Waals surface area (Å²) < 4.78 is 24.2. The van der Waals surface area contributed by atoms with Gasteiger partial charge in [0.15, 0.2) is 0 Å². The van der Waals surface area contributed by atoms with E-state index in [4.69, 9.17) is 18.0 Å². The van der Waals surface area contributed by atoms with Crippen molar-refractivity contribution in [3.8, 4) is 0 Å². The van der Waals surface area contributed by atoms with E-state index in [2.05, 4.69) is 27.7 Å². The quantitative estimate of drug-likeness (QED) is 0.178. The SMILES string of the molecule is CCC=COCCC[Si](OCCCC)(OCCCC)OCCCC. The van der Waals surface area contributed by atoms with E-state index in [1.165, 1.54) is 0 Å². The highest BCUT2D eigenvalue weighted by Gasteiger charge is 2.40. The van der Waals surface area contributed by atoms with Crippen LogP contribution in [0.2, 0.25) is 6.04 Å². The molecule has 0 radical (unpaired) electrons. The molecule has 0 aliphatic rings. The molecule has 24 heavy (non-hydrogen) atoms. The van der Waals surface area contributed by atoms with Crippen molar-refractivity contribution in [1.82, 2.24) is 0 Å². The Kier molecular flexibility index (Phi) is 17.2. The predicted octanol–water partition coefficient (Wildman–Crippen LogP) is 5.71. The van der Waals surface area contributed by atoms with Crippen molar-refractivity contribution in [3.63, 3.8) is 0 Å². The third-order valence-corrected chi connectivity index (χ3v) is 6.53. The van der Waals surface area contributed by atoms with Gasteiger partial charge in [-0.05, 0) is 32.1 Å². The van der Waals surface area contributed by atoms with Crippen LogP contribution in [-0.2, 0) is 18.0 Å². The standard InChI is InChI=1S/C19H40O4Si/c1-5-9-14-20-15-13-19-24(21-16-10-6-2,22-17-11-7-3)23-18-12-8-4/h9,14H,5-8,10-13,15-19H2,1-4H3. The number of unbranched alkanes of at least 4 members (excludes halogenated alkanes) is 3. The molecule has 0 rings (SSSR count). The Labute approximate surface area is 151 Å². The molecule has 0 aromatic carbocycles. The zero-order valence-electron chi connectivity index (χ0n) is 16.5. The minimum atomic E-state index is -2.58. The second-order valence-electron chi connectivity index (χ2n) is 6.04.